The summed E-state index contributed by atoms with van der Waals surface area (Å²) in [5.74, 6) is 0. The molecule has 1 heterocycles. The third-order valence-electron chi connectivity index (χ3n) is 1.84. The molecule has 0 aromatic rings. The zero-order valence-corrected chi connectivity index (χ0v) is 5.73. The van der Waals surface area contributed by atoms with E-state index in [1.807, 2.05) is 7.05 Å². The quantitative estimate of drug-likeness (QED) is 0.466. The zero-order chi connectivity index (χ0) is 6.91. The topological polar surface area (TPSA) is 3.24 Å². The van der Waals surface area contributed by atoms with Crippen molar-refractivity contribution in [3.63, 3.8) is 0 Å². The van der Waals surface area contributed by atoms with Gasteiger partial charge < -0.3 is 4.90 Å². The van der Waals surface area contributed by atoms with Gasteiger partial charge >= 0.3 is 0 Å². The average Bonchev–Trinajstić information content (AvgIpc) is 2.13. The Morgan fingerprint density at radius 3 is 2.67 bits per heavy atom. The highest BCUT2D eigenvalue weighted by Gasteiger charge is 2.30. The van der Waals surface area contributed by atoms with Gasteiger partial charge in [0.1, 0.15) is 0 Å². The molecule has 1 fully saturated rings. The number of hydrogen-bond acceptors (Lipinski definition) is 1. The summed E-state index contributed by atoms with van der Waals surface area (Å²) >= 11 is 0. The average molecular weight is 127 g/mol. The van der Waals surface area contributed by atoms with Crippen molar-refractivity contribution in [2.24, 2.45) is 0 Å². The minimum absolute atomic E-state index is 0.392. The van der Waals surface area contributed by atoms with E-state index in [0.717, 1.165) is 13.0 Å². The van der Waals surface area contributed by atoms with Gasteiger partial charge in [0.2, 0.25) is 0 Å². The number of nitrogens with zero attached hydrogens (tertiary/aromatic N) is 1. The summed E-state index contributed by atoms with van der Waals surface area (Å²) in [6.07, 6.45) is 0.792. The van der Waals surface area contributed by atoms with Gasteiger partial charge in [-0.15, -0.1) is 0 Å². The Labute approximate surface area is 56.6 Å². The molecule has 0 spiro atoms. The number of hydrogen-bond donors (Lipinski definition) is 0. The minimum atomic E-state index is -0.533. The molecule has 0 bridgehead atoms. The van der Waals surface area contributed by atoms with Crippen LogP contribution in [0.1, 0.15) is 6.42 Å². The lowest BCUT2D eigenvalue weighted by molar-refractivity contribution is 0.354. The van der Waals surface area contributed by atoms with Crippen LogP contribution in [0.15, 0.2) is 0 Å². The van der Waals surface area contributed by atoms with Gasteiger partial charge in [0.15, 0.2) is 0 Å². The Morgan fingerprint density at radius 2 is 2.44 bits per heavy atom. The third-order valence-corrected chi connectivity index (χ3v) is 1.84. The van der Waals surface area contributed by atoms with Crippen LogP contribution in [-0.4, -0.2) is 39.6 Å². The molecular formula is C6H11BFN. The molecule has 1 nitrogen and oxygen atoms in total. The predicted octanol–water partition coefficient (Wildman–Crippen LogP) is 0.619. The van der Waals surface area contributed by atoms with Crippen molar-refractivity contribution in [1.82, 2.24) is 4.90 Å². The predicted molar refractivity (Wildman–Crippen MR) is 36.5 cm³/mol. The van der Waals surface area contributed by atoms with Gasteiger partial charge in [-0.3, -0.25) is 4.39 Å². The number of rotatable bonds is 1. The first-order chi connectivity index (χ1) is 4.16. The Morgan fingerprint density at radius 1 is 1.78 bits per heavy atom. The molecule has 1 atom stereocenters. The van der Waals surface area contributed by atoms with Crippen LogP contribution in [0, 0.1) is 0 Å². The van der Waals surface area contributed by atoms with E-state index in [-0.39, 0.29) is 0 Å². The summed E-state index contributed by atoms with van der Waals surface area (Å²) < 4.78 is 12.1. The Hall–Kier alpha value is -0.0451. The highest BCUT2D eigenvalue weighted by atomic mass is 19.1. The molecule has 1 unspecified atom stereocenters. The number of alkyl halides is 1. The van der Waals surface area contributed by atoms with Crippen LogP contribution in [0.4, 0.5) is 4.39 Å². The van der Waals surface area contributed by atoms with Crippen LogP contribution < -0.4 is 0 Å². The van der Waals surface area contributed by atoms with E-state index in [0.29, 0.717) is 6.54 Å². The molecule has 0 aromatic carbocycles. The van der Waals surface area contributed by atoms with Crippen LogP contribution in [0.3, 0.4) is 0 Å². The smallest absolute Gasteiger partial charge is 0.0884 e. The molecule has 3 heteroatoms. The fourth-order valence-corrected chi connectivity index (χ4v) is 1.22. The molecule has 0 amide bonds. The summed E-state index contributed by atoms with van der Waals surface area (Å²) in [4.78, 5) is 2.06. The van der Waals surface area contributed by atoms with Gasteiger partial charge in [0.05, 0.1) is 14.5 Å². The van der Waals surface area contributed by atoms with Gasteiger partial charge in [-0.2, -0.15) is 0 Å². The molecule has 1 rings (SSSR count). The highest BCUT2D eigenvalue weighted by Crippen LogP contribution is 2.33. The number of halogens is 1. The van der Waals surface area contributed by atoms with E-state index in [2.05, 4.69) is 4.90 Å². The molecule has 2 radical (unpaired) electrons. The van der Waals surface area contributed by atoms with Crippen molar-refractivity contribution in [3.8, 4) is 0 Å². The van der Waals surface area contributed by atoms with Crippen molar-refractivity contribution in [3.05, 3.63) is 0 Å². The molecular weight excluding hydrogens is 116 g/mol. The lowest BCUT2D eigenvalue weighted by Gasteiger charge is -2.18. The van der Waals surface area contributed by atoms with E-state index < -0.39 is 12.0 Å². The first kappa shape index (κ1) is 7.07. The van der Waals surface area contributed by atoms with E-state index in [4.69, 9.17) is 7.85 Å². The molecule has 1 saturated heterocycles. The second kappa shape index (κ2) is 2.29. The SMILES string of the molecule is [B]C1(CF)CCN(C)C1. The van der Waals surface area contributed by atoms with E-state index >= 15 is 0 Å². The summed E-state index contributed by atoms with van der Waals surface area (Å²) in [5, 5.41) is -0.533. The van der Waals surface area contributed by atoms with Gasteiger partial charge in [0.25, 0.3) is 0 Å². The minimum Gasteiger partial charge on any atom is -0.306 e. The summed E-state index contributed by atoms with van der Waals surface area (Å²) in [6.45, 7) is 1.24. The Balaban J connectivity index is 2.45. The van der Waals surface area contributed by atoms with Crippen molar-refractivity contribution in [2.75, 3.05) is 26.8 Å². The van der Waals surface area contributed by atoms with Gasteiger partial charge in [-0.05, 0) is 31.9 Å². The van der Waals surface area contributed by atoms with Crippen LogP contribution in [0.5, 0.6) is 0 Å². The molecule has 50 valence electrons. The van der Waals surface area contributed by atoms with Crippen LogP contribution >= 0.6 is 0 Å². The van der Waals surface area contributed by atoms with Gasteiger partial charge in [-0.1, -0.05) is 0 Å². The summed E-state index contributed by atoms with van der Waals surface area (Å²) in [6, 6.07) is 0. The lowest BCUT2D eigenvalue weighted by Crippen LogP contribution is -2.20. The van der Waals surface area contributed by atoms with Gasteiger partial charge in [-0.25, -0.2) is 0 Å². The monoisotopic (exact) mass is 127 g/mol. The molecule has 0 aliphatic carbocycles. The van der Waals surface area contributed by atoms with Crippen molar-refractivity contribution in [2.45, 2.75) is 11.7 Å². The Bertz CT molecular complexity index is 109. The standard InChI is InChI=1S/C6H11BFN/c1-9-3-2-6(7,4-8)5-9/h2-5H2,1H3. The molecule has 0 aromatic heterocycles. The second-order valence-corrected chi connectivity index (χ2v) is 2.98. The van der Waals surface area contributed by atoms with Crippen LogP contribution in [0.2, 0.25) is 5.31 Å². The maximum atomic E-state index is 12.1. The molecule has 0 N–H and O–H groups in total. The lowest BCUT2D eigenvalue weighted by atomic mass is 9.69. The molecule has 1 aliphatic heterocycles. The highest BCUT2D eigenvalue weighted by molar-refractivity contribution is 6.15. The van der Waals surface area contributed by atoms with E-state index in [1.54, 1.807) is 0 Å². The number of likely N-dealkylation sites (tertiary alicyclic amines) is 1. The normalized spacial score (nSPS) is 37.6. The maximum absolute atomic E-state index is 12.1. The van der Waals surface area contributed by atoms with Crippen molar-refractivity contribution in [1.29, 1.82) is 0 Å². The molecule has 9 heavy (non-hydrogen) atoms. The maximum Gasteiger partial charge on any atom is 0.0884 e. The zero-order valence-electron chi connectivity index (χ0n) is 5.73. The fourth-order valence-electron chi connectivity index (χ4n) is 1.22. The van der Waals surface area contributed by atoms with Crippen molar-refractivity contribution < 1.29 is 4.39 Å². The van der Waals surface area contributed by atoms with E-state index in [1.165, 1.54) is 0 Å². The Kier molecular flexibility index (Phi) is 1.80. The first-order valence-corrected chi connectivity index (χ1v) is 3.20. The van der Waals surface area contributed by atoms with Crippen LogP contribution in [-0.2, 0) is 0 Å². The molecule has 1 aliphatic rings. The van der Waals surface area contributed by atoms with Gasteiger partial charge in [0, 0.05) is 0 Å². The van der Waals surface area contributed by atoms with E-state index in [9.17, 15) is 4.39 Å². The fraction of sp³-hybridized carbons (Fsp3) is 1.00. The summed E-state index contributed by atoms with van der Waals surface area (Å²) in [7, 11) is 7.59. The largest absolute Gasteiger partial charge is 0.306 e. The first-order valence-electron chi connectivity index (χ1n) is 3.20. The van der Waals surface area contributed by atoms with Crippen LogP contribution in [0.25, 0.3) is 0 Å². The second-order valence-electron chi connectivity index (χ2n) is 2.98. The summed E-state index contributed by atoms with van der Waals surface area (Å²) in [5.41, 5.74) is 0. The third kappa shape index (κ3) is 1.45. The molecule has 0 saturated carbocycles. The van der Waals surface area contributed by atoms with Crippen molar-refractivity contribution >= 4 is 7.85 Å².